The molecule has 1 aromatic heterocycles. The lowest BCUT2D eigenvalue weighted by Crippen LogP contribution is -2.28. The molecule has 0 aliphatic heterocycles. The first-order valence-corrected chi connectivity index (χ1v) is 8.41. The number of ether oxygens (including phenoxy) is 1. The minimum Gasteiger partial charge on any atom is -0.489 e. The van der Waals surface area contributed by atoms with Crippen LogP contribution in [0.4, 0.5) is 0 Å². The second kappa shape index (κ2) is 7.91. The van der Waals surface area contributed by atoms with Crippen LogP contribution in [0, 0.1) is 0 Å². The summed E-state index contributed by atoms with van der Waals surface area (Å²) in [6, 6.07) is 7.23. The normalized spacial score (nSPS) is 10.2. The number of pyridine rings is 1. The minimum absolute atomic E-state index is 0.166. The number of carbonyl (C=O) groups excluding carboxylic acids is 1. The Morgan fingerprint density at radius 1 is 1.24 bits per heavy atom. The number of halogens is 3. The average molecular weight is 479 g/mol. The van der Waals surface area contributed by atoms with Crippen molar-refractivity contribution in [3.05, 3.63) is 55.6 Å². The summed E-state index contributed by atoms with van der Waals surface area (Å²) in [7, 11) is 0. The second-order valence-corrected chi connectivity index (χ2v) is 6.67. The summed E-state index contributed by atoms with van der Waals surface area (Å²) in [4.78, 5) is 15.7. The SMILES string of the molecule is O=C(NCCOc1c(Br)cc(Br)cc1Br)c1cccnc1. The first-order valence-electron chi connectivity index (χ1n) is 6.03. The lowest BCUT2D eigenvalue weighted by molar-refractivity contribution is 0.0946. The first-order chi connectivity index (χ1) is 10.1. The van der Waals surface area contributed by atoms with Crippen LogP contribution in [0.5, 0.6) is 5.75 Å². The van der Waals surface area contributed by atoms with Gasteiger partial charge < -0.3 is 10.1 Å². The third-order valence-corrected chi connectivity index (χ3v) is 4.16. The number of nitrogens with one attached hydrogen (secondary N) is 1. The van der Waals surface area contributed by atoms with Crippen LogP contribution in [0.25, 0.3) is 0 Å². The average Bonchev–Trinajstić information content (AvgIpc) is 2.46. The topological polar surface area (TPSA) is 51.2 Å². The molecule has 0 radical (unpaired) electrons. The van der Waals surface area contributed by atoms with Gasteiger partial charge >= 0.3 is 0 Å². The van der Waals surface area contributed by atoms with Crippen LogP contribution in [0.15, 0.2) is 50.1 Å². The van der Waals surface area contributed by atoms with Crippen molar-refractivity contribution in [2.24, 2.45) is 0 Å². The summed E-state index contributed by atoms with van der Waals surface area (Å²) in [6.45, 7) is 0.771. The summed E-state index contributed by atoms with van der Waals surface area (Å²) >= 11 is 10.3. The molecule has 1 heterocycles. The molecule has 1 N–H and O–H groups in total. The van der Waals surface area contributed by atoms with Crippen LogP contribution >= 0.6 is 47.8 Å². The molecule has 4 nitrogen and oxygen atoms in total. The van der Waals surface area contributed by atoms with Gasteiger partial charge in [0.2, 0.25) is 0 Å². The fourth-order valence-corrected chi connectivity index (χ4v) is 4.07. The number of hydrogen-bond acceptors (Lipinski definition) is 3. The number of benzene rings is 1. The molecule has 0 aliphatic rings. The Balaban J connectivity index is 1.84. The van der Waals surface area contributed by atoms with E-state index in [0.717, 1.165) is 13.4 Å². The van der Waals surface area contributed by atoms with Gasteiger partial charge in [0.15, 0.2) is 0 Å². The third-order valence-electron chi connectivity index (χ3n) is 2.52. The van der Waals surface area contributed by atoms with E-state index < -0.39 is 0 Å². The first kappa shape index (κ1) is 16.5. The molecule has 1 amide bonds. The second-order valence-electron chi connectivity index (χ2n) is 4.04. The molecule has 1 aromatic carbocycles. The largest absolute Gasteiger partial charge is 0.489 e. The Labute approximate surface area is 147 Å². The van der Waals surface area contributed by atoms with Gasteiger partial charge in [-0.1, -0.05) is 15.9 Å². The maximum atomic E-state index is 11.8. The van der Waals surface area contributed by atoms with Gasteiger partial charge in [0.05, 0.1) is 21.1 Å². The molecule has 0 atom stereocenters. The molecule has 110 valence electrons. The van der Waals surface area contributed by atoms with Gasteiger partial charge in [-0.25, -0.2) is 0 Å². The van der Waals surface area contributed by atoms with Gasteiger partial charge in [-0.3, -0.25) is 9.78 Å². The third kappa shape index (κ3) is 4.79. The van der Waals surface area contributed by atoms with Crippen molar-refractivity contribution in [1.82, 2.24) is 10.3 Å². The van der Waals surface area contributed by atoms with E-state index in [1.165, 1.54) is 6.20 Å². The van der Waals surface area contributed by atoms with E-state index in [1.54, 1.807) is 18.3 Å². The molecule has 0 aliphatic carbocycles. The molecule has 0 unspecified atom stereocenters. The Morgan fingerprint density at radius 3 is 2.57 bits per heavy atom. The van der Waals surface area contributed by atoms with Gasteiger partial charge in [-0.05, 0) is 56.1 Å². The Kier molecular flexibility index (Phi) is 6.20. The highest BCUT2D eigenvalue weighted by Gasteiger charge is 2.09. The molecule has 0 saturated heterocycles. The van der Waals surface area contributed by atoms with E-state index in [0.29, 0.717) is 24.5 Å². The Bertz CT molecular complexity index is 612. The minimum atomic E-state index is -0.166. The number of nitrogens with zero attached hydrogens (tertiary/aromatic N) is 1. The molecule has 7 heteroatoms. The highest BCUT2D eigenvalue weighted by Crippen LogP contribution is 2.36. The summed E-state index contributed by atoms with van der Waals surface area (Å²) < 4.78 is 8.28. The maximum absolute atomic E-state index is 11.8. The van der Waals surface area contributed by atoms with Gasteiger partial charge in [-0.2, -0.15) is 0 Å². The van der Waals surface area contributed by atoms with Gasteiger partial charge in [-0.15, -0.1) is 0 Å². The fraction of sp³-hybridized carbons (Fsp3) is 0.143. The van der Waals surface area contributed by atoms with Crippen molar-refractivity contribution in [2.45, 2.75) is 0 Å². The van der Waals surface area contributed by atoms with Gasteiger partial charge in [0.25, 0.3) is 5.91 Å². The number of amides is 1. The van der Waals surface area contributed by atoms with Crippen LogP contribution in [0.1, 0.15) is 10.4 Å². The molecule has 21 heavy (non-hydrogen) atoms. The summed E-state index contributed by atoms with van der Waals surface area (Å²) in [6.07, 6.45) is 3.15. The standard InChI is InChI=1S/C14H11Br3N2O2/c15-10-6-11(16)13(12(17)7-10)21-5-4-19-14(20)9-2-1-3-18-8-9/h1-3,6-8H,4-5H2,(H,19,20). The zero-order valence-electron chi connectivity index (χ0n) is 10.8. The molecule has 0 bridgehead atoms. The Hall–Kier alpha value is -0.920. The predicted octanol–water partition coefficient (Wildman–Crippen LogP) is 4.18. The lowest BCUT2D eigenvalue weighted by Gasteiger charge is -2.11. The molecule has 0 fully saturated rings. The quantitative estimate of drug-likeness (QED) is 0.656. The number of rotatable bonds is 5. The summed E-state index contributed by atoms with van der Waals surface area (Å²) in [5, 5.41) is 2.78. The van der Waals surface area contributed by atoms with E-state index in [9.17, 15) is 4.79 Å². The smallest absolute Gasteiger partial charge is 0.252 e. The van der Waals surface area contributed by atoms with Crippen LogP contribution in [-0.4, -0.2) is 24.0 Å². The fourth-order valence-electron chi connectivity index (χ4n) is 1.58. The van der Waals surface area contributed by atoms with Crippen LogP contribution in [0.3, 0.4) is 0 Å². The van der Waals surface area contributed by atoms with Crippen LogP contribution in [-0.2, 0) is 0 Å². The summed E-state index contributed by atoms with van der Waals surface area (Å²) in [5.74, 6) is 0.537. The van der Waals surface area contributed by atoms with E-state index in [2.05, 4.69) is 58.1 Å². The number of carbonyl (C=O) groups is 1. The molecule has 2 aromatic rings. The summed E-state index contributed by atoms with van der Waals surface area (Å²) in [5.41, 5.74) is 0.531. The van der Waals surface area contributed by atoms with E-state index >= 15 is 0 Å². The highest BCUT2D eigenvalue weighted by atomic mass is 79.9. The molecular formula is C14H11Br3N2O2. The number of aromatic nitrogens is 1. The molecule has 0 spiro atoms. The van der Waals surface area contributed by atoms with E-state index in [1.807, 2.05) is 12.1 Å². The molecule has 2 rings (SSSR count). The van der Waals surface area contributed by atoms with Gasteiger partial charge in [0, 0.05) is 16.9 Å². The molecule has 0 saturated carbocycles. The zero-order valence-corrected chi connectivity index (χ0v) is 15.5. The van der Waals surface area contributed by atoms with Crippen LogP contribution < -0.4 is 10.1 Å². The van der Waals surface area contributed by atoms with Gasteiger partial charge in [0.1, 0.15) is 12.4 Å². The van der Waals surface area contributed by atoms with Crippen molar-refractivity contribution < 1.29 is 9.53 Å². The molecular weight excluding hydrogens is 468 g/mol. The van der Waals surface area contributed by atoms with E-state index in [-0.39, 0.29) is 5.91 Å². The van der Waals surface area contributed by atoms with Crippen molar-refractivity contribution in [3.8, 4) is 5.75 Å². The maximum Gasteiger partial charge on any atom is 0.252 e. The van der Waals surface area contributed by atoms with Crippen molar-refractivity contribution in [1.29, 1.82) is 0 Å². The predicted molar refractivity (Wildman–Crippen MR) is 91.6 cm³/mol. The highest BCUT2D eigenvalue weighted by molar-refractivity contribution is 9.11. The zero-order chi connectivity index (χ0) is 15.2. The van der Waals surface area contributed by atoms with Crippen molar-refractivity contribution in [2.75, 3.05) is 13.2 Å². The number of hydrogen-bond donors (Lipinski definition) is 1. The monoisotopic (exact) mass is 476 g/mol. The van der Waals surface area contributed by atoms with Crippen molar-refractivity contribution in [3.63, 3.8) is 0 Å². The van der Waals surface area contributed by atoms with E-state index in [4.69, 9.17) is 4.74 Å². The lowest BCUT2D eigenvalue weighted by atomic mass is 10.3. The Morgan fingerprint density at radius 2 is 1.95 bits per heavy atom. The van der Waals surface area contributed by atoms with Crippen LogP contribution in [0.2, 0.25) is 0 Å². The van der Waals surface area contributed by atoms with Crippen molar-refractivity contribution >= 4 is 53.7 Å².